The van der Waals surface area contributed by atoms with E-state index in [2.05, 4.69) is 21.5 Å². The molecule has 0 atom stereocenters. The zero-order valence-corrected chi connectivity index (χ0v) is 19.4. The van der Waals surface area contributed by atoms with Crippen molar-refractivity contribution < 1.29 is 22.7 Å². The molecule has 0 radical (unpaired) electrons. The van der Waals surface area contributed by atoms with Gasteiger partial charge >= 0.3 is 6.18 Å². The van der Waals surface area contributed by atoms with Crippen LogP contribution in [0.3, 0.4) is 0 Å². The van der Waals surface area contributed by atoms with Crippen LogP contribution in [0.2, 0.25) is 5.02 Å². The number of carbonyl (C=O) groups is 1. The number of ether oxygens (including phenoxy) is 1. The molecule has 0 aromatic heterocycles. The first-order valence-corrected chi connectivity index (χ1v) is 11.0. The minimum atomic E-state index is -4.59. The molecule has 0 heterocycles. The highest BCUT2D eigenvalue weighted by molar-refractivity contribution is 7.97. The van der Waals surface area contributed by atoms with Gasteiger partial charge in [0.15, 0.2) is 0 Å². The predicted octanol–water partition coefficient (Wildman–Crippen LogP) is 7.11. The smallest absolute Gasteiger partial charge is 0.417 e. The number of rotatable bonds is 11. The molecule has 168 valence electrons. The van der Waals surface area contributed by atoms with E-state index < -0.39 is 17.3 Å². The summed E-state index contributed by atoms with van der Waals surface area (Å²) in [5.74, 6) is 0. The van der Waals surface area contributed by atoms with Crippen molar-refractivity contribution in [1.82, 2.24) is 4.72 Å². The zero-order valence-electron chi connectivity index (χ0n) is 17.0. The van der Waals surface area contributed by atoms with Crippen LogP contribution >= 0.6 is 23.5 Å². The molecule has 1 N–H and O–H groups in total. The molecule has 2 aromatic carbocycles. The van der Waals surface area contributed by atoms with Crippen molar-refractivity contribution in [1.29, 1.82) is 0 Å². The zero-order chi connectivity index (χ0) is 23.1. The SMILES string of the molecule is CC(C)(CCCCNSc1ccc(-c2c(Cl)cc(N=S)cc2C(F)(F)F)cc1)OC=O. The summed E-state index contributed by atoms with van der Waals surface area (Å²) in [7, 11) is 0. The normalized spacial score (nSPS) is 11.9. The predicted molar refractivity (Wildman–Crippen MR) is 120 cm³/mol. The quantitative estimate of drug-likeness (QED) is 0.207. The lowest BCUT2D eigenvalue weighted by molar-refractivity contribution is -0.141. The Morgan fingerprint density at radius 1 is 1.19 bits per heavy atom. The van der Waals surface area contributed by atoms with E-state index in [1.807, 2.05) is 13.8 Å². The lowest BCUT2D eigenvalue weighted by atomic mass is 9.98. The molecule has 0 fully saturated rings. The molecule has 0 amide bonds. The summed E-state index contributed by atoms with van der Waals surface area (Å²) in [6.45, 7) is 4.92. The molecule has 0 spiro atoms. The van der Waals surface area contributed by atoms with Crippen molar-refractivity contribution in [3.63, 3.8) is 0 Å². The Morgan fingerprint density at radius 3 is 2.45 bits per heavy atom. The molecule has 0 saturated heterocycles. The van der Waals surface area contributed by atoms with Gasteiger partial charge in [0, 0.05) is 29.4 Å². The Balaban J connectivity index is 1.99. The molecular formula is C21H22ClF3N2O2S2. The molecule has 0 unspecified atom stereocenters. The molecule has 0 aliphatic rings. The average molecular weight is 491 g/mol. The molecule has 2 aromatic rings. The average Bonchev–Trinajstić information content (AvgIpc) is 2.69. The maximum absolute atomic E-state index is 13.5. The van der Waals surface area contributed by atoms with E-state index in [1.165, 1.54) is 18.0 Å². The maximum Gasteiger partial charge on any atom is 0.417 e. The molecule has 0 bridgehead atoms. The molecular weight excluding hydrogens is 469 g/mol. The highest BCUT2D eigenvalue weighted by Gasteiger charge is 2.35. The Kier molecular flexibility index (Phi) is 9.29. The van der Waals surface area contributed by atoms with E-state index in [0.29, 0.717) is 12.0 Å². The molecule has 10 heteroatoms. The van der Waals surface area contributed by atoms with Crippen molar-refractivity contribution in [2.45, 2.75) is 49.8 Å². The van der Waals surface area contributed by atoms with Gasteiger partial charge < -0.3 is 4.74 Å². The van der Waals surface area contributed by atoms with E-state index in [0.717, 1.165) is 36.8 Å². The number of hydrogen-bond donors (Lipinski definition) is 1. The van der Waals surface area contributed by atoms with Crippen LogP contribution in [0.1, 0.15) is 38.7 Å². The molecule has 2 rings (SSSR count). The van der Waals surface area contributed by atoms with Gasteiger partial charge in [0.25, 0.3) is 6.47 Å². The summed E-state index contributed by atoms with van der Waals surface area (Å²) in [4.78, 5) is 11.3. The van der Waals surface area contributed by atoms with E-state index >= 15 is 0 Å². The maximum atomic E-state index is 13.5. The van der Waals surface area contributed by atoms with Crippen LogP contribution in [-0.4, -0.2) is 18.6 Å². The summed E-state index contributed by atoms with van der Waals surface area (Å²) in [6.07, 6.45) is -2.05. The van der Waals surface area contributed by atoms with Crippen molar-refractivity contribution in [3.05, 3.63) is 47.0 Å². The standard InChI is InChI=1S/C21H22ClF3N2O2S2/c1-20(2,29-13-28)9-3-4-10-26-31-16-7-5-14(6-8-16)19-17(21(23,24)25)11-15(27-30)12-18(19)22/h5-8,11-13,26H,3-4,9-10H2,1-2H3. The number of alkyl halides is 3. The van der Waals surface area contributed by atoms with Gasteiger partial charge in [0.2, 0.25) is 0 Å². The second-order valence-electron chi connectivity index (χ2n) is 7.39. The fraction of sp³-hybridized carbons (Fsp3) is 0.381. The number of unbranched alkanes of at least 4 members (excludes halogenated alkanes) is 1. The van der Waals surface area contributed by atoms with Gasteiger partial charge in [-0.3, -0.25) is 9.52 Å². The van der Waals surface area contributed by atoms with Gasteiger partial charge in [-0.25, -0.2) is 0 Å². The number of benzene rings is 2. The molecule has 0 aliphatic carbocycles. The summed E-state index contributed by atoms with van der Waals surface area (Å²) in [5.41, 5.74) is -1.09. The molecule has 31 heavy (non-hydrogen) atoms. The van der Waals surface area contributed by atoms with Gasteiger partial charge in [0.1, 0.15) is 5.60 Å². The molecule has 0 saturated carbocycles. The summed E-state index contributed by atoms with van der Waals surface area (Å²) in [6, 6.07) is 8.89. The van der Waals surface area contributed by atoms with Crippen LogP contribution in [0.4, 0.5) is 18.9 Å². The van der Waals surface area contributed by atoms with Crippen LogP contribution in [0.25, 0.3) is 11.1 Å². The summed E-state index contributed by atoms with van der Waals surface area (Å²) < 4.78 is 52.2. The van der Waals surface area contributed by atoms with Gasteiger partial charge in [-0.15, -0.1) is 0 Å². The lowest BCUT2D eigenvalue weighted by Crippen LogP contribution is -2.23. The summed E-state index contributed by atoms with van der Waals surface area (Å²) in [5, 5.41) is -0.0570. The Bertz CT molecular complexity index is 907. The van der Waals surface area contributed by atoms with E-state index in [-0.39, 0.29) is 16.3 Å². The third kappa shape index (κ3) is 7.75. The Morgan fingerprint density at radius 2 is 1.87 bits per heavy atom. The topological polar surface area (TPSA) is 50.7 Å². The number of hydrogen-bond acceptors (Lipinski definition) is 6. The Labute approximate surface area is 194 Å². The monoisotopic (exact) mass is 490 g/mol. The lowest BCUT2D eigenvalue weighted by Gasteiger charge is -2.22. The second-order valence-corrected chi connectivity index (χ2v) is 8.94. The first-order chi connectivity index (χ1) is 14.6. The van der Waals surface area contributed by atoms with Crippen LogP contribution in [-0.2, 0) is 28.1 Å². The van der Waals surface area contributed by atoms with Crippen LogP contribution in [0, 0.1) is 0 Å². The van der Waals surface area contributed by atoms with Crippen molar-refractivity contribution in [3.8, 4) is 11.1 Å². The van der Waals surface area contributed by atoms with Gasteiger partial charge in [-0.2, -0.15) is 17.5 Å². The summed E-state index contributed by atoms with van der Waals surface area (Å²) >= 11 is 12.0. The van der Waals surface area contributed by atoms with Gasteiger partial charge in [-0.1, -0.05) is 23.7 Å². The third-order valence-corrected chi connectivity index (χ3v) is 5.86. The number of halogens is 4. The van der Waals surface area contributed by atoms with Gasteiger partial charge in [-0.05, 0) is 74.9 Å². The highest BCUT2D eigenvalue weighted by Crippen LogP contribution is 2.43. The second kappa shape index (κ2) is 11.3. The molecule has 0 aliphatic heterocycles. The largest absolute Gasteiger partial charge is 0.462 e. The number of carbonyl (C=O) groups excluding carboxylic acids is 1. The fourth-order valence-corrected chi connectivity index (χ4v) is 4.04. The Hall–Kier alpha value is -1.68. The highest BCUT2D eigenvalue weighted by atomic mass is 35.5. The van der Waals surface area contributed by atoms with Gasteiger partial charge in [0.05, 0.1) is 16.3 Å². The van der Waals surface area contributed by atoms with E-state index in [4.69, 9.17) is 16.3 Å². The first kappa shape index (κ1) is 25.6. The molecule has 4 nitrogen and oxygen atoms in total. The van der Waals surface area contributed by atoms with E-state index in [9.17, 15) is 18.0 Å². The third-order valence-electron chi connectivity index (χ3n) is 4.49. The fourth-order valence-electron chi connectivity index (χ4n) is 2.92. The van der Waals surface area contributed by atoms with Crippen molar-refractivity contribution in [2.24, 2.45) is 4.36 Å². The van der Waals surface area contributed by atoms with Crippen LogP contribution in [0.15, 0.2) is 45.7 Å². The van der Waals surface area contributed by atoms with E-state index in [1.54, 1.807) is 24.3 Å². The van der Waals surface area contributed by atoms with Crippen LogP contribution in [0.5, 0.6) is 0 Å². The van der Waals surface area contributed by atoms with Crippen LogP contribution < -0.4 is 4.72 Å². The number of nitrogens with zero attached hydrogens (tertiary/aromatic N) is 1. The van der Waals surface area contributed by atoms with Crippen molar-refractivity contribution in [2.75, 3.05) is 6.54 Å². The first-order valence-electron chi connectivity index (χ1n) is 9.43. The minimum absolute atomic E-state index is 0.00596. The number of nitrogens with one attached hydrogen (secondary N) is 1. The minimum Gasteiger partial charge on any atom is -0.462 e. The van der Waals surface area contributed by atoms with Crippen molar-refractivity contribution >= 4 is 48.1 Å².